The first kappa shape index (κ1) is 28.8. The van der Waals surface area contributed by atoms with Crippen molar-refractivity contribution in [1.29, 1.82) is 0 Å². The number of para-hydroxylation sites is 3. The minimum atomic E-state index is 0.889. The van der Waals surface area contributed by atoms with Crippen molar-refractivity contribution in [3.63, 3.8) is 0 Å². The van der Waals surface area contributed by atoms with Crippen molar-refractivity contribution in [1.82, 2.24) is 0 Å². The highest BCUT2D eigenvalue weighted by Crippen LogP contribution is 2.53. The number of benzene rings is 8. The number of furan rings is 1. The number of rotatable bonds is 5. The molecule has 2 heterocycles. The van der Waals surface area contributed by atoms with Crippen LogP contribution in [0.4, 0.5) is 34.1 Å². The molecule has 1 aliphatic rings. The number of hydrogen-bond acceptors (Lipinski definition) is 4. The summed E-state index contributed by atoms with van der Waals surface area (Å²) in [6, 6.07) is 65.1. The standard InChI is InChI=1S/C46H30N2OS/c1-2-12-35(13-3-1)47(36-22-20-32(21-23-36)34-19-18-31-10-4-5-11-33(31)28-34)38-25-27-42-46(30-38)50-45-17-9-7-15-41(45)48(42)37-24-26-40-39-14-6-8-16-43(39)49-44(40)29-37/h1-30H. The molecule has 236 valence electrons. The van der Waals surface area contributed by atoms with Gasteiger partial charge < -0.3 is 14.2 Å². The van der Waals surface area contributed by atoms with Crippen LogP contribution in [0.2, 0.25) is 0 Å². The number of nitrogens with zero attached hydrogens (tertiary/aromatic N) is 2. The first-order valence-corrected chi connectivity index (χ1v) is 17.7. The predicted octanol–water partition coefficient (Wildman–Crippen LogP) is 13.8. The summed E-state index contributed by atoms with van der Waals surface area (Å²) in [5.74, 6) is 0. The molecule has 0 spiro atoms. The average molecular weight is 659 g/mol. The Kier molecular flexibility index (Phi) is 6.74. The molecule has 50 heavy (non-hydrogen) atoms. The van der Waals surface area contributed by atoms with Crippen LogP contribution in [0.5, 0.6) is 0 Å². The minimum Gasteiger partial charge on any atom is -0.456 e. The van der Waals surface area contributed by atoms with Crippen molar-refractivity contribution in [2.24, 2.45) is 0 Å². The fourth-order valence-corrected chi connectivity index (χ4v) is 8.30. The zero-order valence-electron chi connectivity index (χ0n) is 27.0. The second-order valence-corrected chi connectivity index (χ2v) is 13.7. The van der Waals surface area contributed by atoms with Gasteiger partial charge in [0, 0.05) is 49.4 Å². The Morgan fingerprint density at radius 2 is 1.10 bits per heavy atom. The Morgan fingerprint density at radius 3 is 2.00 bits per heavy atom. The van der Waals surface area contributed by atoms with E-state index < -0.39 is 0 Å². The van der Waals surface area contributed by atoms with Gasteiger partial charge in [-0.2, -0.15) is 0 Å². The molecule has 0 atom stereocenters. The topological polar surface area (TPSA) is 19.6 Å². The Hall–Kier alpha value is -6.23. The lowest BCUT2D eigenvalue weighted by Gasteiger charge is -2.34. The van der Waals surface area contributed by atoms with Crippen molar-refractivity contribution < 1.29 is 4.42 Å². The Labute approximate surface area is 294 Å². The summed E-state index contributed by atoms with van der Waals surface area (Å²) in [6.45, 7) is 0. The lowest BCUT2D eigenvalue weighted by Crippen LogP contribution is -2.16. The van der Waals surface area contributed by atoms with Crippen LogP contribution in [0.15, 0.2) is 196 Å². The predicted molar refractivity (Wildman–Crippen MR) is 210 cm³/mol. The van der Waals surface area contributed by atoms with Crippen LogP contribution in [0, 0.1) is 0 Å². The third kappa shape index (κ3) is 4.84. The van der Waals surface area contributed by atoms with Crippen molar-refractivity contribution in [3.8, 4) is 11.1 Å². The molecule has 0 saturated carbocycles. The van der Waals surface area contributed by atoms with Crippen molar-refractivity contribution in [2.45, 2.75) is 9.79 Å². The molecule has 10 rings (SSSR count). The number of hydrogen-bond donors (Lipinski definition) is 0. The van der Waals surface area contributed by atoms with E-state index in [9.17, 15) is 0 Å². The maximum atomic E-state index is 6.33. The lowest BCUT2D eigenvalue weighted by atomic mass is 10.0. The quantitative estimate of drug-likeness (QED) is 0.183. The van der Waals surface area contributed by atoms with Crippen molar-refractivity contribution >= 4 is 78.6 Å². The monoisotopic (exact) mass is 658 g/mol. The molecule has 0 unspecified atom stereocenters. The summed E-state index contributed by atoms with van der Waals surface area (Å²) in [7, 11) is 0. The van der Waals surface area contributed by atoms with Gasteiger partial charge in [0.1, 0.15) is 11.2 Å². The van der Waals surface area contributed by atoms with Gasteiger partial charge in [0.05, 0.1) is 11.4 Å². The molecule has 0 N–H and O–H groups in total. The van der Waals surface area contributed by atoms with E-state index in [1.165, 1.54) is 31.7 Å². The lowest BCUT2D eigenvalue weighted by molar-refractivity contribution is 0.669. The average Bonchev–Trinajstić information content (AvgIpc) is 3.55. The molecule has 1 aromatic heterocycles. The molecule has 0 saturated heterocycles. The molecule has 0 fully saturated rings. The Balaban J connectivity index is 1.07. The molecular weight excluding hydrogens is 629 g/mol. The molecule has 0 radical (unpaired) electrons. The second-order valence-electron chi connectivity index (χ2n) is 12.6. The fourth-order valence-electron chi connectivity index (χ4n) is 7.21. The van der Waals surface area contributed by atoms with E-state index in [1.807, 2.05) is 23.9 Å². The van der Waals surface area contributed by atoms with E-state index in [0.29, 0.717) is 0 Å². The van der Waals surface area contributed by atoms with Crippen LogP contribution < -0.4 is 9.80 Å². The number of fused-ring (bicyclic) bond motifs is 6. The van der Waals surface area contributed by atoms with Gasteiger partial charge in [-0.15, -0.1) is 0 Å². The first-order chi connectivity index (χ1) is 24.8. The summed E-state index contributed by atoms with van der Waals surface area (Å²) in [5, 5.41) is 4.77. The van der Waals surface area contributed by atoms with Crippen LogP contribution in [0.3, 0.4) is 0 Å². The Morgan fingerprint density at radius 1 is 0.420 bits per heavy atom. The van der Waals surface area contributed by atoms with Crippen LogP contribution in [-0.4, -0.2) is 0 Å². The summed E-state index contributed by atoms with van der Waals surface area (Å²) < 4.78 is 6.33. The van der Waals surface area contributed by atoms with E-state index >= 15 is 0 Å². The zero-order chi connectivity index (χ0) is 33.0. The summed E-state index contributed by atoms with van der Waals surface area (Å²) >= 11 is 1.82. The van der Waals surface area contributed by atoms with Crippen LogP contribution >= 0.6 is 11.8 Å². The second kappa shape index (κ2) is 11.7. The van der Waals surface area contributed by atoms with Gasteiger partial charge in [0.2, 0.25) is 0 Å². The Bertz CT molecular complexity index is 2700. The van der Waals surface area contributed by atoms with Gasteiger partial charge in [-0.25, -0.2) is 0 Å². The van der Waals surface area contributed by atoms with Gasteiger partial charge in [0.15, 0.2) is 0 Å². The molecule has 3 nitrogen and oxygen atoms in total. The molecule has 9 aromatic rings. The fraction of sp³-hybridized carbons (Fsp3) is 0. The third-order valence-corrected chi connectivity index (χ3v) is 10.7. The molecule has 0 bridgehead atoms. The van der Waals surface area contributed by atoms with Gasteiger partial charge in [-0.3, -0.25) is 0 Å². The van der Waals surface area contributed by atoms with Gasteiger partial charge in [-0.05, 0) is 101 Å². The molecule has 4 heteroatoms. The minimum absolute atomic E-state index is 0.889. The van der Waals surface area contributed by atoms with Crippen LogP contribution in [0.25, 0.3) is 43.8 Å². The summed E-state index contributed by atoms with van der Waals surface area (Å²) in [5.41, 5.74) is 10.9. The zero-order valence-corrected chi connectivity index (χ0v) is 27.8. The van der Waals surface area contributed by atoms with Crippen molar-refractivity contribution in [2.75, 3.05) is 9.80 Å². The summed E-state index contributed by atoms with van der Waals surface area (Å²) in [6.07, 6.45) is 0. The van der Waals surface area contributed by atoms with E-state index in [0.717, 1.165) is 56.1 Å². The van der Waals surface area contributed by atoms with Gasteiger partial charge in [0.25, 0.3) is 0 Å². The largest absolute Gasteiger partial charge is 0.456 e. The first-order valence-electron chi connectivity index (χ1n) is 16.8. The van der Waals surface area contributed by atoms with E-state index in [4.69, 9.17) is 4.42 Å². The molecular formula is C46H30N2OS. The van der Waals surface area contributed by atoms with Crippen molar-refractivity contribution in [3.05, 3.63) is 182 Å². The maximum absolute atomic E-state index is 6.33. The van der Waals surface area contributed by atoms with E-state index in [2.05, 4.69) is 180 Å². The molecule has 1 aliphatic heterocycles. The van der Waals surface area contributed by atoms with Crippen LogP contribution in [0.1, 0.15) is 0 Å². The van der Waals surface area contributed by atoms with Gasteiger partial charge in [-0.1, -0.05) is 109 Å². The molecule has 0 amide bonds. The smallest absolute Gasteiger partial charge is 0.137 e. The highest BCUT2D eigenvalue weighted by molar-refractivity contribution is 7.99. The molecule has 0 aliphatic carbocycles. The van der Waals surface area contributed by atoms with Crippen LogP contribution in [-0.2, 0) is 0 Å². The highest BCUT2D eigenvalue weighted by Gasteiger charge is 2.27. The van der Waals surface area contributed by atoms with Gasteiger partial charge >= 0.3 is 0 Å². The normalized spacial score (nSPS) is 12.3. The number of anilines is 6. The SMILES string of the molecule is c1ccc(N(c2ccc(-c3ccc4ccccc4c3)cc2)c2ccc3c(c2)Sc2ccccc2N3c2ccc3c(c2)oc2ccccc23)cc1. The maximum Gasteiger partial charge on any atom is 0.137 e. The molecule has 8 aromatic carbocycles. The third-order valence-electron chi connectivity index (χ3n) is 9.61. The van der Waals surface area contributed by atoms with E-state index in [-0.39, 0.29) is 0 Å². The summed E-state index contributed by atoms with van der Waals surface area (Å²) in [4.78, 5) is 7.12. The van der Waals surface area contributed by atoms with E-state index in [1.54, 1.807) is 0 Å². The highest BCUT2D eigenvalue weighted by atomic mass is 32.2.